The van der Waals surface area contributed by atoms with Gasteiger partial charge in [-0.2, -0.15) is 0 Å². The Bertz CT molecular complexity index is 245. The minimum absolute atomic E-state index is 0.324. The van der Waals surface area contributed by atoms with Gasteiger partial charge in [0, 0.05) is 12.0 Å². The molecule has 2 heteroatoms. The lowest BCUT2D eigenvalue weighted by atomic mass is 9.78. The summed E-state index contributed by atoms with van der Waals surface area (Å²) >= 11 is 0. The van der Waals surface area contributed by atoms with E-state index in [1.165, 1.54) is 32.1 Å². The fraction of sp³-hybridized carbons (Fsp3) is 0.929. The zero-order valence-electron chi connectivity index (χ0n) is 10.7. The van der Waals surface area contributed by atoms with Gasteiger partial charge in [0.15, 0.2) is 0 Å². The van der Waals surface area contributed by atoms with Crippen molar-refractivity contribution in [1.29, 1.82) is 0 Å². The second kappa shape index (κ2) is 5.20. The molecule has 0 bridgehead atoms. The highest BCUT2D eigenvalue weighted by atomic mass is 16.1. The standard InChI is InChI=1S/C14H25NO/c1-10-6-5-9-13(11(10)2)15-14(16)12-7-3-4-8-12/h10-13H,3-9H2,1-2H3,(H,15,16). The maximum Gasteiger partial charge on any atom is 0.223 e. The van der Waals surface area contributed by atoms with E-state index in [9.17, 15) is 4.79 Å². The highest BCUT2D eigenvalue weighted by Gasteiger charge is 2.30. The Balaban J connectivity index is 1.85. The van der Waals surface area contributed by atoms with E-state index in [4.69, 9.17) is 0 Å². The molecule has 3 atom stereocenters. The van der Waals surface area contributed by atoms with Crippen molar-refractivity contribution in [1.82, 2.24) is 5.32 Å². The molecule has 0 saturated heterocycles. The Kier molecular flexibility index (Phi) is 3.88. The molecule has 2 rings (SSSR count). The molecule has 2 fully saturated rings. The lowest BCUT2D eigenvalue weighted by Crippen LogP contribution is -2.45. The van der Waals surface area contributed by atoms with Crippen LogP contribution in [0.25, 0.3) is 0 Å². The average molecular weight is 223 g/mol. The molecule has 92 valence electrons. The topological polar surface area (TPSA) is 29.1 Å². The molecule has 0 aliphatic heterocycles. The maximum atomic E-state index is 12.1. The first kappa shape index (κ1) is 11.9. The van der Waals surface area contributed by atoms with E-state index >= 15 is 0 Å². The van der Waals surface area contributed by atoms with Crippen molar-refractivity contribution in [3.05, 3.63) is 0 Å². The summed E-state index contributed by atoms with van der Waals surface area (Å²) in [6, 6.07) is 0.442. The lowest BCUT2D eigenvalue weighted by molar-refractivity contribution is -0.126. The van der Waals surface area contributed by atoms with E-state index in [0.29, 0.717) is 23.8 Å². The quantitative estimate of drug-likeness (QED) is 0.765. The summed E-state index contributed by atoms with van der Waals surface area (Å²) in [6.07, 6.45) is 8.51. The van der Waals surface area contributed by atoms with E-state index in [1.54, 1.807) is 0 Å². The van der Waals surface area contributed by atoms with Crippen LogP contribution in [-0.2, 0) is 4.79 Å². The number of hydrogen-bond acceptors (Lipinski definition) is 1. The number of nitrogens with one attached hydrogen (secondary N) is 1. The summed E-state index contributed by atoms with van der Waals surface area (Å²) in [5.41, 5.74) is 0. The molecule has 3 unspecified atom stereocenters. The molecule has 0 aromatic heterocycles. The fourth-order valence-electron chi connectivity index (χ4n) is 3.27. The first-order chi connectivity index (χ1) is 7.68. The van der Waals surface area contributed by atoms with Crippen LogP contribution < -0.4 is 5.32 Å². The van der Waals surface area contributed by atoms with Gasteiger partial charge in [0.2, 0.25) is 5.91 Å². The van der Waals surface area contributed by atoms with Crippen molar-refractivity contribution in [3.63, 3.8) is 0 Å². The molecule has 16 heavy (non-hydrogen) atoms. The first-order valence-electron chi connectivity index (χ1n) is 6.99. The van der Waals surface area contributed by atoms with Crippen molar-refractivity contribution in [2.24, 2.45) is 17.8 Å². The minimum atomic E-state index is 0.324. The van der Waals surface area contributed by atoms with Gasteiger partial charge in [-0.15, -0.1) is 0 Å². The maximum absolute atomic E-state index is 12.1. The van der Waals surface area contributed by atoms with Gasteiger partial charge in [-0.3, -0.25) is 4.79 Å². The molecule has 0 aromatic carbocycles. The SMILES string of the molecule is CC1CCCC(NC(=O)C2CCCC2)C1C. The molecule has 1 N–H and O–H groups in total. The zero-order valence-corrected chi connectivity index (χ0v) is 10.7. The van der Waals surface area contributed by atoms with Gasteiger partial charge in [-0.25, -0.2) is 0 Å². The average Bonchev–Trinajstić information content (AvgIpc) is 2.78. The Labute approximate surface area is 99.2 Å². The zero-order chi connectivity index (χ0) is 11.5. The van der Waals surface area contributed by atoms with Gasteiger partial charge < -0.3 is 5.32 Å². The van der Waals surface area contributed by atoms with Gasteiger partial charge in [0.1, 0.15) is 0 Å². The van der Waals surface area contributed by atoms with Crippen LogP contribution in [0.3, 0.4) is 0 Å². The molecular formula is C14H25NO. The lowest BCUT2D eigenvalue weighted by Gasteiger charge is -2.35. The van der Waals surface area contributed by atoms with E-state index in [-0.39, 0.29) is 0 Å². The molecular weight excluding hydrogens is 198 g/mol. The van der Waals surface area contributed by atoms with Crippen molar-refractivity contribution in [2.75, 3.05) is 0 Å². The molecule has 2 aliphatic rings. The minimum Gasteiger partial charge on any atom is -0.353 e. The Morgan fingerprint density at radius 1 is 1.00 bits per heavy atom. The predicted molar refractivity (Wildman–Crippen MR) is 66.1 cm³/mol. The second-order valence-corrected chi connectivity index (χ2v) is 5.86. The number of carbonyl (C=O) groups excluding carboxylic acids is 1. The third-order valence-corrected chi connectivity index (χ3v) is 4.76. The van der Waals surface area contributed by atoms with Crippen LogP contribution in [0.2, 0.25) is 0 Å². The van der Waals surface area contributed by atoms with Gasteiger partial charge in [-0.05, 0) is 31.1 Å². The summed E-state index contributed by atoms with van der Waals surface area (Å²) in [5.74, 6) is 2.08. The predicted octanol–water partition coefficient (Wildman–Crippen LogP) is 3.12. The van der Waals surface area contributed by atoms with Crippen LogP contribution in [0.4, 0.5) is 0 Å². The van der Waals surface area contributed by atoms with Crippen LogP contribution in [-0.4, -0.2) is 11.9 Å². The number of hydrogen-bond donors (Lipinski definition) is 1. The molecule has 1 amide bonds. The second-order valence-electron chi connectivity index (χ2n) is 5.86. The molecule has 0 heterocycles. The van der Waals surface area contributed by atoms with Gasteiger partial charge >= 0.3 is 0 Å². The highest BCUT2D eigenvalue weighted by Crippen LogP contribution is 2.31. The van der Waals surface area contributed by atoms with Crippen LogP contribution in [0, 0.1) is 17.8 Å². The third kappa shape index (κ3) is 2.58. The summed E-state index contributed by atoms with van der Waals surface area (Å²) in [4.78, 5) is 12.1. The molecule has 0 radical (unpaired) electrons. The summed E-state index contributed by atoms with van der Waals surface area (Å²) in [7, 11) is 0. The van der Waals surface area contributed by atoms with Crippen LogP contribution in [0.5, 0.6) is 0 Å². The molecule has 2 saturated carbocycles. The highest BCUT2D eigenvalue weighted by molar-refractivity contribution is 5.79. The van der Waals surface area contributed by atoms with E-state index in [0.717, 1.165) is 18.8 Å². The summed E-state index contributed by atoms with van der Waals surface area (Å²) < 4.78 is 0. The molecule has 2 aliphatic carbocycles. The molecule has 2 nitrogen and oxygen atoms in total. The van der Waals surface area contributed by atoms with Crippen molar-refractivity contribution in [2.45, 2.75) is 64.8 Å². The van der Waals surface area contributed by atoms with Gasteiger partial charge in [-0.1, -0.05) is 39.5 Å². The largest absolute Gasteiger partial charge is 0.353 e. The van der Waals surface area contributed by atoms with Crippen LogP contribution >= 0.6 is 0 Å². The van der Waals surface area contributed by atoms with Crippen LogP contribution in [0.1, 0.15) is 58.8 Å². The van der Waals surface area contributed by atoms with Crippen LogP contribution in [0.15, 0.2) is 0 Å². The van der Waals surface area contributed by atoms with Crippen molar-refractivity contribution >= 4 is 5.91 Å². The summed E-state index contributed by atoms with van der Waals surface area (Å²) in [5, 5.41) is 3.30. The first-order valence-corrected chi connectivity index (χ1v) is 6.99. The van der Waals surface area contributed by atoms with Crippen molar-refractivity contribution < 1.29 is 4.79 Å². The molecule has 0 spiro atoms. The smallest absolute Gasteiger partial charge is 0.223 e. The summed E-state index contributed by atoms with van der Waals surface area (Å²) in [6.45, 7) is 4.61. The fourth-order valence-corrected chi connectivity index (χ4v) is 3.27. The number of amides is 1. The number of carbonyl (C=O) groups is 1. The van der Waals surface area contributed by atoms with E-state index in [2.05, 4.69) is 19.2 Å². The number of rotatable bonds is 2. The van der Waals surface area contributed by atoms with E-state index < -0.39 is 0 Å². The normalized spacial score (nSPS) is 36.2. The monoisotopic (exact) mass is 223 g/mol. The Morgan fingerprint density at radius 2 is 1.69 bits per heavy atom. The van der Waals surface area contributed by atoms with Gasteiger partial charge in [0.05, 0.1) is 0 Å². The Hall–Kier alpha value is -0.530. The van der Waals surface area contributed by atoms with Crippen molar-refractivity contribution in [3.8, 4) is 0 Å². The van der Waals surface area contributed by atoms with E-state index in [1.807, 2.05) is 0 Å². The Morgan fingerprint density at radius 3 is 2.38 bits per heavy atom. The van der Waals surface area contributed by atoms with Gasteiger partial charge in [0.25, 0.3) is 0 Å². The third-order valence-electron chi connectivity index (χ3n) is 4.76. The molecule has 0 aromatic rings.